The summed E-state index contributed by atoms with van der Waals surface area (Å²) in [5.74, 6) is 1.48. The smallest absolute Gasteiger partial charge is 0.222 e. The van der Waals surface area contributed by atoms with Gasteiger partial charge in [-0.05, 0) is 50.1 Å². The van der Waals surface area contributed by atoms with E-state index in [-0.39, 0.29) is 0 Å². The molecule has 2 fully saturated rings. The van der Waals surface area contributed by atoms with Crippen LogP contribution in [0.4, 0.5) is 5.95 Å². The molecule has 0 aromatic carbocycles. The maximum Gasteiger partial charge on any atom is 0.222 e. The molecule has 1 saturated carbocycles. The Morgan fingerprint density at radius 1 is 1.11 bits per heavy atom. The Morgan fingerprint density at radius 2 is 1.89 bits per heavy atom. The van der Waals surface area contributed by atoms with Crippen LogP contribution in [0.2, 0.25) is 0 Å². The first-order valence-corrected chi connectivity index (χ1v) is 7.71. The highest BCUT2D eigenvalue weighted by molar-refractivity contribution is 5.26. The molecule has 1 atom stereocenters. The summed E-state index contributed by atoms with van der Waals surface area (Å²) >= 11 is 0. The van der Waals surface area contributed by atoms with E-state index in [1.807, 2.05) is 12.4 Å². The molecule has 104 valence electrons. The standard InChI is InChI=1S/C15H24N4/c1-2-5-12(4-1)13-10-18-15(19-11-13)17-9-7-14-6-3-8-16-14/h10-12,14,16H,1-9H2,(H,17,18,19). The molecule has 1 aromatic heterocycles. The average Bonchev–Trinajstić information content (AvgIpc) is 3.13. The lowest BCUT2D eigenvalue weighted by Crippen LogP contribution is -2.24. The first-order valence-electron chi connectivity index (χ1n) is 7.71. The van der Waals surface area contributed by atoms with Gasteiger partial charge in [0.2, 0.25) is 5.95 Å². The van der Waals surface area contributed by atoms with Crippen LogP contribution < -0.4 is 10.6 Å². The molecule has 2 aliphatic rings. The van der Waals surface area contributed by atoms with E-state index in [0.29, 0.717) is 12.0 Å². The Kier molecular flexibility index (Phi) is 4.28. The van der Waals surface area contributed by atoms with Crippen LogP contribution in [-0.4, -0.2) is 29.1 Å². The van der Waals surface area contributed by atoms with E-state index >= 15 is 0 Å². The maximum atomic E-state index is 4.44. The molecule has 1 saturated heterocycles. The lowest BCUT2D eigenvalue weighted by molar-refractivity contribution is 0.573. The predicted octanol–water partition coefficient (Wildman–Crippen LogP) is 2.69. The molecule has 1 aliphatic heterocycles. The zero-order valence-corrected chi connectivity index (χ0v) is 11.6. The molecule has 3 rings (SSSR count). The predicted molar refractivity (Wildman–Crippen MR) is 77.4 cm³/mol. The number of rotatable bonds is 5. The summed E-state index contributed by atoms with van der Waals surface area (Å²) < 4.78 is 0. The molecule has 19 heavy (non-hydrogen) atoms. The van der Waals surface area contributed by atoms with E-state index in [9.17, 15) is 0 Å². The SMILES string of the molecule is c1nc(NCCC2CCCN2)ncc1C1CCCC1. The third-order valence-corrected chi connectivity index (χ3v) is 4.44. The molecule has 4 heteroatoms. The summed E-state index contributed by atoms with van der Waals surface area (Å²) in [6, 6.07) is 0.685. The minimum atomic E-state index is 0.685. The quantitative estimate of drug-likeness (QED) is 0.854. The zero-order valence-electron chi connectivity index (χ0n) is 11.6. The van der Waals surface area contributed by atoms with Crippen molar-refractivity contribution in [3.05, 3.63) is 18.0 Å². The van der Waals surface area contributed by atoms with Crippen LogP contribution in [0.5, 0.6) is 0 Å². The van der Waals surface area contributed by atoms with E-state index in [1.165, 1.54) is 50.6 Å². The van der Waals surface area contributed by atoms with Crippen LogP contribution in [0.3, 0.4) is 0 Å². The van der Waals surface area contributed by atoms with E-state index in [1.54, 1.807) is 0 Å². The van der Waals surface area contributed by atoms with Crippen molar-refractivity contribution >= 4 is 5.95 Å². The second-order valence-corrected chi connectivity index (χ2v) is 5.83. The van der Waals surface area contributed by atoms with Gasteiger partial charge in [-0.2, -0.15) is 0 Å². The van der Waals surface area contributed by atoms with Gasteiger partial charge in [0.25, 0.3) is 0 Å². The van der Waals surface area contributed by atoms with Crippen molar-refractivity contribution in [1.29, 1.82) is 0 Å². The van der Waals surface area contributed by atoms with Gasteiger partial charge in [-0.25, -0.2) is 9.97 Å². The molecule has 1 aliphatic carbocycles. The van der Waals surface area contributed by atoms with Gasteiger partial charge >= 0.3 is 0 Å². The molecular formula is C15H24N4. The van der Waals surface area contributed by atoms with Gasteiger partial charge in [0, 0.05) is 25.0 Å². The molecule has 0 amide bonds. The average molecular weight is 260 g/mol. The van der Waals surface area contributed by atoms with E-state index in [2.05, 4.69) is 20.6 Å². The Balaban J connectivity index is 1.45. The second kappa shape index (κ2) is 6.33. The summed E-state index contributed by atoms with van der Waals surface area (Å²) in [5.41, 5.74) is 1.32. The lowest BCUT2D eigenvalue weighted by Gasteiger charge is -2.12. The summed E-state index contributed by atoms with van der Waals surface area (Å²) in [6.45, 7) is 2.14. The first-order chi connectivity index (χ1) is 9.42. The molecule has 4 nitrogen and oxygen atoms in total. The largest absolute Gasteiger partial charge is 0.354 e. The van der Waals surface area contributed by atoms with E-state index < -0.39 is 0 Å². The second-order valence-electron chi connectivity index (χ2n) is 5.83. The molecule has 2 heterocycles. The highest BCUT2D eigenvalue weighted by Gasteiger charge is 2.17. The summed E-state index contributed by atoms with van der Waals surface area (Å²) in [5, 5.41) is 6.84. The Labute approximate surface area is 115 Å². The number of anilines is 1. The van der Waals surface area contributed by atoms with Crippen LogP contribution in [-0.2, 0) is 0 Å². The Bertz CT molecular complexity index is 378. The Morgan fingerprint density at radius 3 is 2.58 bits per heavy atom. The topological polar surface area (TPSA) is 49.8 Å². The lowest BCUT2D eigenvalue weighted by atomic mass is 10.0. The fourth-order valence-electron chi connectivity index (χ4n) is 3.26. The summed E-state index contributed by atoms with van der Waals surface area (Å²) in [6.07, 6.45) is 13.2. The van der Waals surface area contributed by atoms with Crippen molar-refractivity contribution in [2.24, 2.45) is 0 Å². The van der Waals surface area contributed by atoms with Gasteiger partial charge in [0.1, 0.15) is 0 Å². The van der Waals surface area contributed by atoms with Crippen molar-refractivity contribution in [2.45, 2.75) is 56.9 Å². The van der Waals surface area contributed by atoms with Crippen LogP contribution in [0.25, 0.3) is 0 Å². The van der Waals surface area contributed by atoms with E-state index in [0.717, 1.165) is 18.9 Å². The number of hydrogen-bond donors (Lipinski definition) is 2. The maximum absolute atomic E-state index is 4.44. The van der Waals surface area contributed by atoms with Crippen molar-refractivity contribution in [2.75, 3.05) is 18.4 Å². The molecule has 0 radical (unpaired) electrons. The normalized spacial score (nSPS) is 23.9. The van der Waals surface area contributed by atoms with Crippen molar-refractivity contribution in [3.63, 3.8) is 0 Å². The highest BCUT2D eigenvalue weighted by Crippen LogP contribution is 2.33. The number of hydrogen-bond acceptors (Lipinski definition) is 4. The van der Waals surface area contributed by atoms with Gasteiger partial charge in [-0.1, -0.05) is 12.8 Å². The molecule has 1 aromatic rings. The minimum Gasteiger partial charge on any atom is -0.354 e. The molecule has 1 unspecified atom stereocenters. The monoisotopic (exact) mass is 260 g/mol. The van der Waals surface area contributed by atoms with Crippen LogP contribution in [0.1, 0.15) is 56.4 Å². The van der Waals surface area contributed by atoms with Crippen LogP contribution >= 0.6 is 0 Å². The van der Waals surface area contributed by atoms with E-state index in [4.69, 9.17) is 0 Å². The summed E-state index contributed by atoms with van der Waals surface area (Å²) in [7, 11) is 0. The third kappa shape index (κ3) is 3.44. The molecule has 2 N–H and O–H groups in total. The molecule has 0 bridgehead atoms. The number of nitrogens with one attached hydrogen (secondary N) is 2. The first kappa shape index (κ1) is 12.9. The van der Waals surface area contributed by atoms with Gasteiger partial charge in [-0.15, -0.1) is 0 Å². The number of nitrogens with zero attached hydrogens (tertiary/aromatic N) is 2. The van der Waals surface area contributed by atoms with Gasteiger partial charge < -0.3 is 10.6 Å². The van der Waals surface area contributed by atoms with Gasteiger partial charge in [0.05, 0.1) is 0 Å². The van der Waals surface area contributed by atoms with Gasteiger partial charge in [0.15, 0.2) is 0 Å². The zero-order chi connectivity index (χ0) is 12.9. The highest BCUT2D eigenvalue weighted by atomic mass is 15.1. The fraction of sp³-hybridized carbons (Fsp3) is 0.733. The van der Waals surface area contributed by atoms with Crippen LogP contribution in [0, 0.1) is 0 Å². The number of aromatic nitrogens is 2. The minimum absolute atomic E-state index is 0.685. The molecule has 0 spiro atoms. The van der Waals surface area contributed by atoms with Crippen molar-refractivity contribution in [3.8, 4) is 0 Å². The van der Waals surface area contributed by atoms with Crippen LogP contribution in [0.15, 0.2) is 12.4 Å². The summed E-state index contributed by atoms with van der Waals surface area (Å²) in [4.78, 5) is 8.89. The third-order valence-electron chi connectivity index (χ3n) is 4.44. The fourth-order valence-corrected chi connectivity index (χ4v) is 3.26. The molecular weight excluding hydrogens is 236 g/mol. The van der Waals surface area contributed by atoms with Crippen molar-refractivity contribution in [1.82, 2.24) is 15.3 Å². The van der Waals surface area contributed by atoms with Gasteiger partial charge in [-0.3, -0.25) is 0 Å². The van der Waals surface area contributed by atoms with Crippen molar-refractivity contribution < 1.29 is 0 Å². The Hall–Kier alpha value is -1.16.